The number of hydrogen-bond donors (Lipinski definition) is 1. The minimum Gasteiger partial charge on any atom is -0.379 e. The van der Waals surface area contributed by atoms with Crippen LogP contribution in [-0.2, 0) is 4.74 Å². The van der Waals surface area contributed by atoms with Crippen LogP contribution in [0.5, 0.6) is 0 Å². The second kappa shape index (κ2) is 9.19. The molecule has 1 N–H and O–H groups in total. The Morgan fingerprint density at radius 1 is 1.07 bits per heavy atom. The van der Waals surface area contributed by atoms with Crippen molar-refractivity contribution >= 4 is 51.5 Å². The molecule has 0 radical (unpaired) electrons. The molecule has 0 aliphatic carbocycles. The van der Waals surface area contributed by atoms with E-state index in [1.54, 1.807) is 0 Å². The summed E-state index contributed by atoms with van der Waals surface area (Å²) < 4.78 is 14.5. The Labute approximate surface area is 181 Å². The Morgan fingerprint density at radius 3 is 2.25 bits per heavy atom. The first-order valence-corrected chi connectivity index (χ1v) is 12.3. The van der Waals surface area contributed by atoms with Gasteiger partial charge in [-0.05, 0) is 36.5 Å². The number of thiocarbonyl (C=S) groups is 1. The fourth-order valence-corrected chi connectivity index (χ4v) is 8.41. The lowest BCUT2D eigenvalue weighted by Crippen LogP contribution is -2.43. The van der Waals surface area contributed by atoms with E-state index >= 15 is 0 Å². The largest absolute Gasteiger partial charge is 0.379 e. The minimum absolute atomic E-state index is 0.0723. The topological polar surface area (TPSA) is 36.9 Å². The summed E-state index contributed by atoms with van der Waals surface area (Å²) in [5, 5.41) is 5.03. The van der Waals surface area contributed by atoms with Crippen molar-refractivity contribution in [2.75, 3.05) is 31.6 Å². The number of morpholine rings is 1. The van der Waals surface area contributed by atoms with Gasteiger partial charge >= 0.3 is 0 Å². The molecule has 0 saturated carbocycles. The summed E-state index contributed by atoms with van der Waals surface area (Å²) >= 11 is 9.21. The van der Waals surface area contributed by atoms with Gasteiger partial charge in [-0.3, -0.25) is 4.67 Å². The van der Waals surface area contributed by atoms with Gasteiger partial charge in [0, 0.05) is 33.7 Å². The average Bonchev–Trinajstić information content (AvgIpc) is 2.68. The molecule has 0 unspecified atom stereocenters. The SMILES string of the molecule is CC(C)(C)[P@](=NC(=S)Nc1ccc(Br)cc1)(c1ccccc1)N1CCOCC1. The van der Waals surface area contributed by atoms with Crippen molar-refractivity contribution < 1.29 is 4.74 Å². The van der Waals surface area contributed by atoms with E-state index in [4.69, 9.17) is 21.7 Å². The predicted molar refractivity (Wildman–Crippen MR) is 128 cm³/mol. The van der Waals surface area contributed by atoms with Gasteiger partial charge in [0.15, 0.2) is 5.11 Å². The molecule has 0 spiro atoms. The van der Waals surface area contributed by atoms with Gasteiger partial charge in [0.1, 0.15) is 0 Å². The molecule has 2 aromatic rings. The normalized spacial score (nSPS) is 17.6. The molecule has 1 aliphatic heterocycles. The highest BCUT2D eigenvalue weighted by Gasteiger charge is 2.41. The summed E-state index contributed by atoms with van der Waals surface area (Å²) in [6.07, 6.45) is 0. The lowest BCUT2D eigenvalue weighted by molar-refractivity contribution is 0.0738. The maximum absolute atomic E-state index is 5.74. The zero-order valence-corrected chi connectivity index (χ0v) is 19.9. The maximum Gasteiger partial charge on any atom is 0.197 e. The molecule has 0 amide bonds. The van der Waals surface area contributed by atoms with Crippen LogP contribution in [-0.4, -0.2) is 41.2 Å². The summed E-state index contributed by atoms with van der Waals surface area (Å²) in [6.45, 7) is 10.0. The molecular formula is C21H27BrN3OPS. The van der Waals surface area contributed by atoms with Gasteiger partial charge in [-0.1, -0.05) is 67.0 Å². The van der Waals surface area contributed by atoms with Gasteiger partial charge in [0.05, 0.1) is 20.4 Å². The van der Waals surface area contributed by atoms with Crippen LogP contribution in [0, 0.1) is 0 Å². The van der Waals surface area contributed by atoms with E-state index in [-0.39, 0.29) is 5.16 Å². The van der Waals surface area contributed by atoms with Crippen molar-refractivity contribution in [1.29, 1.82) is 0 Å². The summed E-state index contributed by atoms with van der Waals surface area (Å²) in [6, 6.07) is 18.6. The number of rotatable bonds is 3. The summed E-state index contributed by atoms with van der Waals surface area (Å²) in [7, 11) is -2.15. The van der Waals surface area contributed by atoms with Crippen LogP contribution in [0.15, 0.2) is 63.8 Å². The number of nitrogens with zero attached hydrogens (tertiary/aromatic N) is 2. The number of anilines is 1. The monoisotopic (exact) mass is 479 g/mol. The molecule has 3 rings (SSSR count). The van der Waals surface area contributed by atoms with Gasteiger partial charge < -0.3 is 10.1 Å². The third kappa shape index (κ3) is 4.74. The lowest BCUT2D eigenvalue weighted by atomic mass is 10.3. The molecular weight excluding hydrogens is 453 g/mol. The second-order valence-corrected chi connectivity index (χ2v) is 12.8. The van der Waals surface area contributed by atoms with Crippen LogP contribution < -0.4 is 10.6 Å². The molecule has 7 heteroatoms. The third-order valence-electron chi connectivity index (χ3n) is 4.78. The Kier molecular flexibility index (Phi) is 7.11. The highest BCUT2D eigenvalue weighted by atomic mass is 79.9. The number of benzene rings is 2. The number of ether oxygens (including phenoxy) is 1. The molecule has 2 aromatic carbocycles. The molecule has 0 bridgehead atoms. The molecule has 1 aliphatic rings. The Balaban J connectivity index is 2.09. The molecule has 150 valence electrons. The summed E-state index contributed by atoms with van der Waals surface area (Å²) in [5.41, 5.74) is 0.944. The first kappa shape index (κ1) is 21.7. The fourth-order valence-electron chi connectivity index (χ4n) is 3.54. The van der Waals surface area contributed by atoms with Crippen molar-refractivity contribution in [2.24, 2.45) is 4.74 Å². The molecule has 1 saturated heterocycles. The van der Waals surface area contributed by atoms with E-state index < -0.39 is 7.21 Å². The lowest BCUT2D eigenvalue weighted by Gasteiger charge is -2.46. The average molecular weight is 480 g/mol. The Morgan fingerprint density at radius 2 is 1.68 bits per heavy atom. The van der Waals surface area contributed by atoms with E-state index in [1.807, 2.05) is 24.3 Å². The van der Waals surface area contributed by atoms with Gasteiger partial charge in [-0.15, -0.1) is 0 Å². The third-order valence-corrected chi connectivity index (χ3v) is 10.2. The maximum atomic E-state index is 5.74. The van der Waals surface area contributed by atoms with E-state index in [9.17, 15) is 0 Å². The number of halogens is 1. The van der Waals surface area contributed by atoms with E-state index in [2.05, 4.69) is 77.0 Å². The van der Waals surface area contributed by atoms with E-state index in [1.165, 1.54) is 5.30 Å². The minimum atomic E-state index is -2.15. The fraction of sp³-hybridized carbons (Fsp3) is 0.381. The number of hydrogen-bond acceptors (Lipinski definition) is 2. The highest BCUT2D eigenvalue weighted by Crippen LogP contribution is 2.62. The van der Waals surface area contributed by atoms with Crippen LogP contribution in [0.1, 0.15) is 20.8 Å². The summed E-state index contributed by atoms with van der Waals surface area (Å²) in [4.78, 5) is 0. The zero-order chi connectivity index (χ0) is 20.2. The second-order valence-electron chi connectivity index (χ2n) is 7.71. The van der Waals surface area contributed by atoms with Gasteiger partial charge in [0.2, 0.25) is 0 Å². The molecule has 1 atom stereocenters. The molecule has 1 heterocycles. The first-order chi connectivity index (χ1) is 13.3. The van der Waals surface area contributed by atoms with Crippen molar-refractivity contribution in [3.05, 3.63) is 59.1 Å². The van der Waals surface area contributed by atoms with Crippen molar-refractivity contribution in [3.8, 4) is 0 Å². The smallest absolute Gasteiger partial charge is 0.197 e. The molecule has 28 heavy (non-hydrogen) atoms. The Hall–Kier alpha value is -1.04. The van der Waals surface area contributed by atoms with Gasteiger partial charge in [0.25, 0.3) is 0 Å². The molecule has 0 aromatic heterocycles. The first-order valence-electron chi connectivity index (χ1n) is 9.41. The quantitative estimate of drug-likeness (QED) is 0.451. The van der Waals surface area contributed by atoms with Crippen molar-refractivity contribution in [1.82, 2.24) is 4.67 Å². The highest BCUT2D eigenvalue weighted by molar-refractivity contribution is 9.10. The van der Waals surface area contributed by atoms with Crippen molar-refractivity contribution in [2.45, 2.75) is 25.9 Å². The standard InChI is InChI=1S/C21H27BrN3OPS/c1-21(2,3)27(19-7-5-4-6-8-19,25-13-15-26-16-14-25)24-20(28)23-18-11-9-17(22)10-12-18/h4-12H,13-16H2,1-3H3,(H,23,28)/t27-/m0/s1. The Bertz CT molecular complexity index is 859. The van der Waals surface area contributed by atoms with Crippen LogP contribution in [0.3, 0.4) is 0 Å². The van der Waals surface area contributed by atoms with E-state index in [0.717, 1.165) is 36.5 Å². The molecule has 1 fully saturated rings. The van der Waals surface area contributed by atoms with Crippen LogP contribution in [0.4, 0.5) is 5.69 Å². The summed E-state index contributed by atoms with van der Waals surface area (Å²) in [5.74, 6) is 0. The zero-order valence-electron chi connectivity index (χ0n) is 16.6. The van der Waals surface area contributed by atoms with Gasteiger partial charge in [-0.2, -0.15) is 0 Å². The van der Waals surface area contributed by atoms with Crippen LogP contribution in [0.25, 0.3) is 0 Å². The van der Waals surface area contributed by atoms with Gasteiger partial charge in [-0.25, -0.2) is 4.74 Å². The molecule has 4 nitrogen and oxygen atoms in total. The van der Waals surface area contributed by atoms with Crippen molar-refractivity contribution in [3.63, 3.8) is 0 Å². The number of nitrogens with one attached hydrogen (secondary N) is 1. The van der Waals surface area contributed by atoms with Crippen LogP contribution >= 0.6 is 35.4 Å². The predicted octanol–water partition coefficient (Wildman–Crippen LogP) is 5.72. The van der Waals surface area contributed by atoms with Crippen LogP contribution in [0.2, 0.25) is 0 Å². The van der Waals surface area contributed by atoms with E-state index in [0.29, 0.717) is 5.11 Å².